The Labute approximate surface area is 151 Å². The molecule has 1 fully saturated rings. The third-order valence-corrected chi connectivity index (χ3v) is 4.96. The molecule has 0 spiro atoms. The van der Waals surface area contributed by atoms with Crippen LogP contribution in [-0.2, 0) is 0 Å². The minimum atomic E-state index is -0.394. The van der Waals surface area contributed by atoms with Crippen molar-refractivity contribution in [3.05, 3.63) is 70.0 Å². The number of carbonyl (C=O) groups is 1. The topological polar surface area (TPSA) is 65.2 Å². The van der Waals surface area contributed by atoms with Gasteiger partial charge in [0.15, 0.2) is 0 Å². The number of aromatic amines is 1. The molecule has 1 aromatic heterocycles. The lowest BCUT2D eigenvalue weighted by molar-refractivity contribution is 0.102. The predicted molar refractivity (Wildman–Crippen MR) is 105 cm³/mol. The molecule has 26 heavy (non-hydrogen) atoms. The molecule has 0 unspecified atom stereocenters. The molecule has 1 aliphatic rings. The lowest BCUT2D eigenvalue weighted by Gasteiger charge is -2.19. The van der Waals surface area contributed by atoms with Crippen molar-refractivity contribution in [2.75, 3.05) is 23.3 Å². The highest BCUT2D eigenvalue weighted by Gasteiger charge is 2.16. The van der Waals surface area contributed by atoms with E-state index in [9.17, 15) is 9.59 Å². The van der Waals surface area contributed by atoms with E-state index in [1.807, 2.05) is 31.2 Å². The van der Waals surface area contributed by atoms with Crippen LogP contribution in [0.25, 0.3) is 10.9 Å². The first-order chi connectivity index (χ1) is 12.6. The number of anilines is 2. The summed E-state index contributed by atoms with van der Waals surface area (Å²) in [5.41, 5.74) is 3.47. The van der Waals surface area contributed by atoms with Crippen LogP contribution in [0.5, 0.6) is 0 Å². The molecule has 0 saturated carbocycles. The minimum Gasteiger partial charge on any atom is -0.372 e. The van der Waals surface area contributed by atoms with Crippen molar-refractivity contribution in [2.45, 2.75) is 19.8 Å². The van der Waals surface area contributed by atoms with E-state index in [0.717, 1.165) is 29.9 Å². The molecular formula is C21H21N3O2. The first kappa shape index (κ1) is 16.4. The maximum Gasteiger partial charge on any atom is 0.261 e. The van der Waals surface area contributed by atoms with Gasteiger partial charge in [-0.05, 0) is 55.7 Å². The highest BCUT2D eigenvalue weighted by atomic mass is 16.2. The fourth-order valence-corrected chi connectivity index (χ4v) is 3.49. The van der Waals surface area contributed by atoms with Crippen molar-refractivity contribution in [3.8, 4) is 0 Å². The van der Waals surface area contributed by atoms with E-state index >= 15 is 0 Å². The zero-order valence-corrected chi connectivity index (χ0v) is 14.7. The number of para-hydroxylation sites is 1. The average Bonchev–Trinajstić information content (AvgIpc) is 3.18. The van der Waals surface area contributed by atoms with Crippen LogP contribution in [0, 0.1) is 6.92 Å². The van der Waals surface area contributed by atoms with E-state index in [0.29, 0.717) is 5.39 Å². The standard InChI is InChI=1S/C21H21N3O2/c1-14-12-15(24-10-4-5-11-24)8-9-18(14)23-21(26)17-13-22-19-7-3-2-6-16(19)20(17)25/h2-3,6-9,12-13H,4-5,10-11H2,1H3,(H,22,25)(H,23,26). The van der Waals surface area contributed by atoms with Crippen molar-refractivity contribution in [1.82, 2.24) is 4.98 Å². The van der Waals surface area contributed by atoms with Crippen LogP contribution in [0.2, 0.25) is 0 Å². The van der Waals surface area contributed by atoms with Crippen molar-refractivity contribution < 1.29 is 4.79 Å². The van der Waals surface area contributed by atoms with Gasteiger partial charge >= 0.3 is 0 Å². The molecule has 2 aromatic carbocycles. The number of nitrogens with one attached hydrogen (secondary N) is 2. The summed E-state index contributed by atoms with van der Waals surface area (Å²) in [7, 11) is 0. The Balaban J connectivity index is 1.60. The summed E-state index contributed by atoms with van der Waals surface area (Å²) >= 11 is 0. The first-order valence-electron chi connectivity index (χ1n) is 8.91. The summed E-state index contributed by atoms with van der Waals surface area (Å²) in [6.07, 6.45) is 3.93. The first-order valence-corrected chi connectivity index (χ1v) is 8.91. The normalized spacial score (nSPS) is 14.0. The maximum absolute atomic E-state index is 12.6. The Morgan fingerprint density at radius 3 is 2.65 bits per heavy atom. The third kappa shape index (κ3) is 2.96. The number of pyridine rings is 1. The fourth-order valence-electron chi connectivity index (χ4n) is 3.49. The second kappa shape index (κ2) is 6.67. The average molecular weight is 347 g/mol. The predicted octanol–water partition coefficient (Wildman–Crippen LogP) is 3.69. The fraction of sp³-hybridized carbons (Fsp3) is 0.238. The van der Waals surface area contributed by atoms with Gasteiger partial charge in [-0.25, -0.2) is 0 Å². The molecule has 4 rings (SSSR count). The van der Waals surface area contributed by atoms with E-state index in [-0.39, 0.29) is 11.0 Å². The Morgan fingerprint density at radius 2 is 1.88 bits per heavy atom. The number of hydrogen-bond acceptors (Lipinski definition) is 3. The van der Waals surface area contributed by atoms with Gasteiger partial charge in [0, 0.05) is 41.6 Å². The zero-order valence-electron chi connectivity index (χ0n) is 14.7. The van der Waals surface area contributed by atoms with Gasteiger partial charge < -0.3 is 15.2 Å². The van der Waals surface area contributed by atoms with Crippen molar-refractivity contribution in [2.24, 2.45) is 0 Å². The Morgan fingerprint density at radius 1 is 1.12 bits per heavy atom. The van der Waals surface area contributed by atoms with Crippen molar-refractivity contribution in [1.29, 1.82) is 0 Å². The molecule has 5 heteroatoms. The Bertz CT molecular complexity index is 1030. The van der Waals surface area contributed by atoms with Gasteiger partial charge in [-0.1, -0.05) is 12.1 Å². The highest BCUT2D eigenvalue weighted by Crippen LogP contribution is 2.25. The van der Waals surface area contributed by atoms with Crippen LogP contribution in [0.15, 0.2) is 53.5 Å². The summed E-state index contributed by atoms with van der Waals surface area (Å²) in [5, 5.41) is 3.39. The molecule has 2 N–H and O–H groups in total. The molecule has 5 nitrogen and oxygen atoms in total. The van der Waals surface area contributed by atoms with Crippen LogP contribution in [-0.4, -0.2) is 24.0 Å². The number of aromatic nitrogens is 1. The van der Waals surface area contributed by atoms with E-state index in [4.69, 9.17) is 0 Å². The van der Waals surface area contributed by atoms with E-state index in [1.54, 1.807) is 12.1 Å². The van der Waals surface area contributed by atoms with Crippen LogP contribution >= 0.6 is 0 Å². The molecular weight excluding hydrogens is 326 g/mol. The van der Waals surface area contributed by atoms with Gasteiger partial charge in [0.05, 0.1) is 0 Å². The van der Waals surface area contributed by atoms with E-state index < -0.39 is 5.91 Å². The SMILES string of the molecule is Cc1cc(N2CCCC2)ccc1NC(=O)c1c[nH]c2ccccc2c1=O. The summed E-state index contributed by atoms with van der Waals surface area (Å²) in [5.74, 6) is -0.394. The molecule has 1 aliphatic heterocycles. The van der Waals surface area contributed by atoms with Crippen LogP contribution in [0.1, 0.15) is 28.8 Å². The summed E-state index contributed by atoms with van der Waals surface area (Å²) < 4.78 is 0. The number of rotatable bonds is 3. The van der Waals surface area contributed by atoms with Crippen LogP contribution in [0.3, 0.4) is 0 Å². The second-order valence-electron chi connectivity index (χ2n) is 6.72. The molecule has 132 valence electrons. The largest absolute Gasteiger partial charge is 0.372 e. The summed E-state index contributed by atoms with van der Waals surface area (Å²) in [6.45, 7) is 4.13. The number of H-pyrrole nitrogens is 1. The molecule has 0 radical (unpaired) electrons. The van der Waals surface area contributed by atoms with Gasteiger partial charge in [-0.15, -0.1) is 0 Å². The van der Waals surface area contributed by atoms with Gasteiger partial charge in [0.1, 0.15) is 5.56 Å². The monoisotopic (exact) mass is 347 g/mol. The Kier molecular flexibility index (Phi) is 4.21. The summed E-state index contributed by atoms with van der Waals surface area (Å²) in [4.78, 5) is 30.6. The number of nitrogens with zero attached hydrogens (tertiary/aromatic N) is 1. The highest BCUT2D eigenvalue weighted by molar-refractivity contribution is 6.06. The van der Waals surface area contributed by atoms with Crippen LogP contribution in [0.4, 0.5) is 11.4 Å². The van der Waals surface area contributed by atoms with Crippen LogP contribution < -0.4 is 15.6 Å². The molecule has 0 bridgehead atoms. The number of hydrogen-bond donors (Lipinski definition) is 2. The summed E-state index contributed by atoms with van der Waals surface area (Å²) in [6, 6.07) is 13.2. The Hall–Kier alpha value is -3.08. The molecule has 1 saturated heterocycles. The molecule has 3 aromatic rings. The molecule has 0 atom stereocenters. The smallest absolute Gasteiger partial charge is 0.261 e. The lowest BCUT2D eigenvalue weighted by Crippen LogP contribution is -2.22. The van der Waals surface area contributed by atoms with E-state index in [2.05, 4.69) is 21.3 Å². The lowest BCUT2D eigenvalue weighted by atomic mass is 10.1. The van der Waals surface area contributed by atoms with Gasteiger partial charge in [-0.3, -0.25) is 9.59 Å². The van der Waals surface area contributed by atoms with E-state index in [1.165, 1.54) is 24.7 Å². The number of benzene rings is 2. The van der Waals surface area contributed by atoms with Crippen molar-refractivity contribution in [3.63, 3.8) is 0 Å². The maximum atomic E-state index is 12.6. The molecule has 1 amide bonds. The quantitative estimate of drug-likeness (QED) is 0.759. The number of aryl methyl sites for hydroxylation is 1. The zero-order chi connectivity index (χ0) is 18.1. The number of fused-ring (bicyclic) bond motifs is 1. The van der Waals surface area contributed by atoms with Gasteiger partial charge in [-0.2, -0.15) is 0 Å². The minimum absolute atomic E-state index is 0.117. The van der Waals surface area contributed by atoms with Crippen molar-refractivity contribution >= 4 is 28.2 Å². The third-order valence-electron chi connectivity index (χ3n) is 4.96. The molecule has 2 heterocycles. The number of amides is 1. The number of carbonyl (C=O) groups excluding carboxylic acids is 1. The van der Waals surface area contributed by atoms with Gasteiger partial charge in [0.2, 0.25) is 5.43 Å². The van der Waals surface area contributed by atoms with Gasteiger partial charge in [0.25, 0.3) is 5.91 Å². The molecule has 0 aliphatic carbocycles. The second-order valence-corrected chi connectivity index (χ2v) is 6.72.